The molecule has 2 aromatic rings. The van der Waals surface area contributed by atoms with Gasteiger partial charge in [0, 0.05) is 11.6 Å². The minimum absolute atomic E-state index is 0.504. The van der Waals surface area contributed by atoms with Crippen molar-refractivity contribution >= 4 is 23.2 Å². The standard InChI is InChI=1S/C12H12ClN3/c13-10-5-2-1-4-9(10)8-15-12-7-3-6-11(14)16-12/h1-7H,8H2,(H3,14,15,16). The number of rotatable bonds is 3. The monoisotopic (exact) mass is 233 g/mol. The first-order chi connectivity index (χ1) is 7.75. The van der Waals surface area contributed by atoms with Crippen LogP contribution >= 0.6 is 11.6 Å². The van der Waals surface area contributed by atoms with Crippen molar-refractivity contribution in [1.29, 1.82) is 0 Å². The van der Waals surface area contributed by atoms with Crippen molar-refractivity contribution in [3.8, 4) is 0 Å². The van der Waals surface area contributed by atoms with E-state index >= 15 is 0 Å². The summed E-state index contributed by atoms with van der Waals surface area (Å²) in [7, 11) is 0. The van der Waals surface area contributed by atoms with E-state index in [0.29, 0.717) is 12.4 Å². The smallest absolute Gasteiger partial charge is 0.128 e. The van der Waals surface area contributed by atoms with Crippen molar-refractivity contribution < 1.29 is 0 Å². The van der Waals surface area contributed by atoms with Gasteiger partial charge in [0.2, 0.25) is 0 Å². The highest BCUT2D eigenvalue weighted by atomic mass is 35.5. The molecule has 0 unspecified atom stereocenters. The van der Waals surface area contributed by atoms with Gasteiger partial charge in [-0.1, -0.05) is 35.9 Å². The first kappa shape index (κ1) is 10.8. The van der Waals surface area contributed by atoms with E-state index in [1.807, 2.05) is 36.4 Å². The lowest BCUT2D eigenvalue weighted by atomic mass is 10.2. The van der Waals surface area contributed by atoms with Gasteiger partial charge >= 0.3 is 0 Å². The van der Waals surface area contributed by atoms with Gasteiger partial charge in [0.05, 0.1) is 0 Å². The average Bonchev–Trinajstić information content (AvgIpc) is 2.28. The fourth-order valence-corrected chi connectivity index (χ4v) is 1.58. The van der Waals surface area contributed by atoms with Crippen LogP contribution in [0.4, 0.5) is 11.6 Å². The Morgan fingerprint density at radius 2 is 1.94 bits per heavy atom. The zero-order valence-electron chi connectivity index (χ0n) is 8.65. The predicted molar refractivity (Wildman–Crippen MR) is 67.4 cm³/mol. The van der Waals surface area contributed by atoms with Crippen molar-refractivity contribution in [2.45, 2.75) is 6.54 Å². The number of nitrogens with zero attached hydrogens (tertiary/aromatic N) is 1. The van der Waals surface area contributed by atoms with E-state index in [1.165, 1.54) is 0 Å². The van der Waals surface area contributed by atoms with Gasteiger partial charge in [0.15, 0.2) is 0 Å². The number of pyridine rings is 1. The SMILES string of the molecule is Nc1cccc(NCc2ccccc2Cl)n1. The second-order valence-electron chi connectivity index (χ2n) is 3.39. The fraction of sp³-hybridized carbons (Fsp3) is 0.0833. The summed E-state index contributed by atoms with van der Waals surface area (Å²) in [6.07, 6.45) is 0. The highest BCUT2D eigenvalue weighted by Gasteiger charge is 1.99. The van der Waals surface area contributed by atoms with Crippen LogP contribution < -0.4 is 11.1 Å². The summed E-state index contributed by atoms with van der Waals surface area (Å²) in [5.41, 5.74) is 6.62. The van der Waals surface area contributed by atoms with Crippen LogP contribution in [0.25, 0.3) is 0 Å². The van der Waals surface area contributed by atoms with Crippen molar-refractivity contribution in [1.82, 2.24) is 4.98 Å². The quantitative estimate of drug-likeness (QED) is 0.857. The van der Waals surface area contributed by atoms with E-state index < -0.39 is 0 Å². The molecule has 0 fully saturated rings. The maximum atomic E-state index is 6.04. The molecule has 82 valence electrons. The van der Waals surface area contributed by atoms with Crippen LogP contribution in [0.5, 0.6) is 0 Å². The second-order valence-corrected chi connectivity index (χ2v) is 3.80. The molecule has 0 aliphatic rings. The minimum atomic E-state index is 0.504. The molecule has 0 aliphatic heterocycles. The van der Waals surface area contributed by atoms with Crippen LogP contribution in [0, 0.1) is 0 Å². The zero-order chi connectivity index (χ0) is 11.4. The first-order valence-corrected chi connectivity index (χ1v) is 5.33. The summed E-state index contributed by atoms with van der Waals surface area (Å²) in [5, 5.41) is 3.92. The van der Waals surface area contributed by atoms with Crippen LogP contribution in [-0.2, 0) is 6.54 Å². The summed E-state index contributed by atoms with van der Waals surface area (Å²) in [5.74, 6) is 1.25. The molecule has 0 saturated heterocycles. The molecular formula is C12H12ClN3. The lowest BCUT2D eigenvalue weighted by Gasteiger charge is -2.07. The number of nitrogen functional groups attached to an aromatic ring is 1. The molecule has 1 aromatic heterocycles. The van der Waals surface area contributed by atoms with Gasteiger partial charge in [-0.2, -0.15) is 0 Å². The van der Waals surface area contributed by atoms with Crippen LogP contribution in [-0.4, -0.2) is 4.98 Å². The van der Waals surface area contributed by atoms with Crippen LogP contribution in [0.15, 0.2) is 42.5 Å². The van der Waals surface area contributed by atoms with Crippen molar-refractivity contribution in [3.05, 3.63) is 53.1 Å². The van der Waals surface area contributed by atoms with Crippen LogP contribution in [0.2, 0.25) is 5.02 Å². The molecule has 1 aromatic carbocycles. The van der Waals surface area contributed by atoms with E-state index in [2.05, 4.69) is 10.3 Å². The summed E-state index contributed by atoms with van der Waals surface area (Å²) in [6.45, 7) is 0.635. The Bertz CT molecular complexity index is 485. The lowest BCUT2D eigenvalue weighted by molar-refractivity contribution is 1.11. The molecule has 0 spiro atoms. The van der Waals surface area contributed by atoms with Crippen molar-refractivity contribution in [2.24, 2.45) is 0 Å². The summed E-state index contributed by atoms with van der Waals surface area (Å²) >= 11 is 6.04. The summed E-state index contributed by atoms with van der Waals surface area (Å²) in [6, 6.07) is 13.2. The van der Waals surface area contributed by atoms with E-state index in [9.17, 15) is 0 Å². The Labute approximate surface area is 99.3 Å². The van der Waals surface area contributed by atoms with E-state index in [0.717, 1.165) is 16.4 Å². The number of nitrogens with one attached hydrogen (secondary N) is 1. The normalized spacial score (nSPS) is 10.1. The summed E-state index contributed by atoms with van der Waals surface area (Å²) < 4.78 is 0. The van der Waals surface area contributed by atoms with E-state index in [-0.39, 0.29) is 0 Å². The molecule has 0 aliphatic carbocycles. The minimum Gasteiger partial charge on any atom is -0.384 e. The number of hydrogen-bond acceptors (Lipinski definition) is 3. The third-order valence-corrected chi connectivity index (χ3v) is 2.56. The molecule has 0 radical (unpaired) electrons. The highest BCUT2D eigenvalue weighted by molar-refractivity contribution is 6.31. The Morgan fingerprint density at radius 3 is 2.69 bits per heavy atom. The van der Waals surface area contributed by atoms with Gasteiger partial charge in [-0.3, -0.25) is 0 Å². The van der Waals surface area contributed by atoms with Gasteiger partial charge in [-0.05, 0) is 23.8 Å². The number of aromatic nitrogens is 1. The average molecular weight is 234 g/mol. The van der Waals surface area contributed by atoms with Crippen molar-refractivity contribution in [3.63, 3.8) is 0 Å². The number of halogens is 1. The number of hydrogen-bond donors (Lipinski definition) is 2. The van der Waals surface area contributed by atoms with Crippen LogP contribution in [0.3, 0.4) is 0 Å². The molecule has 4 heteroatoms. The molecule has 0 saturated carbocycles. The number of anilines is 2. The Balaban J connectivity index is 2.05. The number of nitrogens with two attached hydrogens (primary N) is 1. The van der Waals surface area contributed by atoms with E-state index in [4.69, 9.17) is 17.3 Å². The molecule has 16 heavy (non-hydrogen) atoms. The Hall–Kier alpha value is -1.74. The second kappa shape index (κ2) is 4.86. The van der Waals surface area contributed by atoms with Crippen molar-refractivity contribution in [2.75, 3.05) is 11.1 Å². The molecule has 0 amide bonds. The molecule has 2 rings (SSSR count). The Morgan fingerprint density at radius 1 is 1.12 bits per heavy atom. The maximum absolute atomic E-state index is 6.04. The first-order valence-electron chi connectivity index (χ1n) is 4.95. The molecule has 3 nitrogen and oxygen atoms in total. The fourth-order valence-electron chi connectivity index (χ4n) is 1.38. The molecule has 1 heterocycles. The maximum Gasteiger partial charge on any atom is 0.128 e. The lowest BCUT2D eigenvalue weighted by Crippen LogP contribution is -2.02. The largest absolute Gasteiger partial charge is 0.384 e. The molecule has 3 N–H and O–H groups in total. The molecular weight excluding hydrogens is 222 g/mol. The van der Waals surface area contributed by atoms with E-state index in [1.54, 1.807) is 6.07 Å². The Kier molecular flexibility index (Phi) is 3.27. The topological polar surface area (TPSA) is 50.9 Å². The van der Waals surface area contributed by atoms with Gasteiger partial charge in [0.1, 0.15) is 11.6 Å². The van der Waals surface area contributed by atoms with Gasteiger partial charge in [-0.25, -0.2) is 4.98 Å². The number of benzene rings is 1. The third kappa shape index (κ3) is 2.64. The summed E-state index contributed by atoms with van der Waals surface area (Å²) in [4.78, 5) is 4.14. The predicted octanol–water partition coefficient (Wildman–Crippen LogP) is 2.93. The van der Waals surface area contributed by atoms with Crippen LogP contribution in [0.1, 0.15) is 5.56 Å². The third-order valence-electron chi connectivity index (χ3n) is 2.19. The molecule has 0 bridgehead atoms. The zero-order valence-corrected chi connectivity index (χ0v) is 9.41. The van der Waals surface area contributed by atoms with Gasteiger partial charge in [0.25, 0.3) is 0 Å². The molecule has 0 atom stereocenters. The van der Waals surface area contributed by atoms with Gasteiger partial charge in [-0.15, -0.1) is 0 Å². The van der Waals surface area contributed by atoms with Gasteiger partial charge < -0.3 is 11.1 Å². The highest BCUT2D eigenvalue weighted by Crippen LogP contribution is 2.16.